The van der Waals surface area contributed by atoms with E-state index in [9.17, 15) is 14.9 Å². The van der Waals surface area contributed by atoms with E-state index in [0.29, 0.717) is 0 Å². The van der Waals surface area contributed by atoms with E-state index < -0.39 is 10.2 Å². The second kappa shape index (κ2) is 7.76. The Kier molecular flexibility index (Phi) is 5.44. The van der Waals surface area contributed by atoms with Gasteiger partial charge in [0, 0.05) is 17.0 Å². The fraction of sp³-hybridized carbons (Fsp3) is 0.105. The summed E-state index contributed by atoms with van der Waals surface area (Å²) in [5, 5.41) is 15.6. The number of rotatable bonds is 5. The Morgan fingerprint density at radius 3 is 2.58 bits per heavy atom. The van der Waals surface area contributed by atoms with Crippen LogP contribution in [0.4, 0.5) is 11.4 Å². The number of hydrogen-bond donors (Lipinski definition) is 1. The molecule has 3 aromatic rings. The van der Waals surface area contributed by atoms with Gasteiger partial charge in [-0.15, -0.1) is 11.8 Å². The quantitative estimate of drug-likeness (QED) is 0.356. The van der Waals surface area contributed by atoms with Crippen LogP contribution in [0.5, 0.6) is 0 Å². The summed E-state index contributed by atoms with van der Waals surface area (Å²) in [5.41, 5.74) is 0.108. The molecule has 0 aromatic heterocycles. The minimum atomic E-state index is -0.529. The molecule has 3 rings (SSSR count). The van der Waals surface area contributed by atoms with Gasteiger partial charge in [-0.05, 0) is 35.9 Å². The lowest BCUT2D eigenvalue weighted by molar-refractivity contribution is -0.384. The molecule has 26 heavy (non-hydrogen) atoms. The van der Waals surface area contributed by atoms with Gasteiger partial charge in [0.1, 0.15) is 0 Å². The van der Waals surface area contributed by atoms with Crippen LogP contribution in [0.3, 0.4) is 0 Å². The second-order valence-corrected chi connectivity index (χ2v) is 7.50. The van der Waals surface area contributed by atoms with Gasteiger partial charge in [0.2, 0.25) is 5.91 Å². The maximum absolute atomic E-state index is 12.5. The molecule has 0 spiro atoms. The number of nitro groups is 1. The average molecular weight is 387 g/mol. The normalized spacial score (nSPS) is 11.9. The first-order chi connectivity index (χ1) is 12.4. The highest BCUT2D eigenvalue weighted by atomic mass is 35.5. The number of hydrogen-bond acceptors (Lipinski definition) is 4. The van der Waals surface area contributed by atoms with Crippen LogP contribution in [-0.4, -0.2) is 16.1 Å². The van der Waals surface area contributed by atoms with Gasteiger partial charge in [0.25, 0.3) is 5.69 Å². The smallest absolute Gasteiger partial charge is 0.271 e. The Morgan fingerprint density at radius 2 is 1.85 bits per heavy atom. The molecular weight excluding hydrogens is 372 g/mol. The third-order valence-electron chi connectivity index (χ3n) is 3.82. The van der Waals surface area contributed by atoms with Gasteiger partial charge in [0.15, 0.2) is 0 Å². The molecule has 0 saturated heterocycles. The van der Waals surface area contributed by atoms with Crippen molar-refractivity contribution < 1.29 is 9.72 Å². The van der Waals surface area contributed by atoms with Gasteiger partial charge < -0.3 is 5.32 Å². The topological polar surface area (TPSA) is 72.2 Å². The maximum Gasteiger partial charge on any atom is 0.271 e. The fourth-order valence-corrected chi connectivity index (χ4v) is 3.54. The standard InChI is InChI=1S/C19H15ClN2O3S/c1-12(26-16-8-6-13-4-2-3-5-14(13)10-16)19(23)21-18-11-15(22(24)25)7-9-17(18)20/h2-12H,1H3,(H,21,23). The molecule has 5 nitrogen and oxygen atoms in total. The SMILES string of the molecule is CC(Sc1ccc2ccccc2c1)C(=O)Nc1cc([N+](=O)[O-])ccc1Cl. The van der Waals surface area contributed by atoms with E-state index in [1.54, 1.807) is 6.92 Å². The number of non-ortho nitro benzene ring substituents is 1. The lowest BCUT2D eigenvalue weighted by atomic mass is 10.1. The van der Waals surface area contributed by atoms with E-state index in [-0.39, 0.29) is 22.3 Å². The van der Waals surface area contributed by atoms with Gasteiger partial charge in [-0.2, -0.15) is 0 Å². The van der Waals surface area contributed by atoms with Gasteiger partial charge >= 0.3 is 0 Å². The summed E-state index contributed by atoms with van der Waals surface area (Å²) < 4.78 is 0. The van der Waals surface area contributed by atoms with Crippen molar-refractivity contribution in [3.05, 3.63) is 75.8 Å². The summed E-state index contributed by atoms with van der Waals surface area (Å²) in [4.78, 5) is 23.8. The molecular formula is C19H15ClN2O3S. The van der Waals surface area contributed by atoms with Crippen LogP contribution >= 0.6 is 23.4 Å². The van der Waals surface area contributed by atoms with E-state index in [4.69, 9.17) is 11.6 Å². The van der Waals surface area contributed by atoms with E-state index in [0.717, 1.165) is 15.7 Å². The Bertz CT molecular complexity index is 993. The van der Waals surface area contributed by atoms with Gasteiger partial charge in [0.05, 0.1) is 20.9 Å². The Balaban J connectivity index is 1.73. The predicted octanol–water partition coefficient (Wildman–Crippen LogP) is 5.52. The monoisotopic (exact) mass is 386 g/mol. The van der Waals surface area contributed by atoms with Gasteiger partial charge in [-0.3, -0.25) is 14.9 Å². The summed E-state index contributed by atoms with van der Waals surface area (Å²) in [7, 11) is 0. The van der Waals surface area contributed by atoms with Crippen LogP contribution in [-0.2, 0) is 4.79 Å². The van der Waals surface area contributed by atoms with Crippen molar-refractivity contribution in [1.29, 1.82) is 0 Å². The third-order valence-corrected chi connectivity index (χ3v) is 5.24. The van der Waals surface area contributed by atoms with E-state index in [2.05, 4.69) is 5.32 Å². The summed E-state index contributed by atoms with van der Waals surface area (Å²) >= 11 is 7.44. The van der Waals surface area contributed by atoms with E-state index in [1.807, 2.05) is 42.5 Å². The first-order valence-corrected chi connectivity index (χ1v) is 9.10. The summed E-state index contributed by atoms with van der Waals surface area (Å²) in [6.07, 6.45) is 0. The number of nitro benzene ring substituents is 1. The molecule has 0 aliphatic rings. The van der Waals surface area contributed by atoms with Gasteiger partial charge in [-0.25, -0.2) is 0 Å². The zero-order valence-corrected chi connectivity index (χ0v) is 15.4. The van der Waals surface area contributed by atoms with Gasteiger partial charge in [-0.1, -0.05) is 41.9 Å². The number of carbonyl (C=O) groups is 1. The highest BCUT2D eigenvalue weighted by Crippen LogP contribution is 2.30. The number of anilines is 1. The summed E-state index contributed by atoms with van der Waals surface area (Å²) in [6.45, 7) is 1.78. The van der Waals surface area contributed by atoms with Crippen molar-refractivity contribution in [2.24, 2.45) is 0 Å². The molecule has 3 aromatic carbocycles. The molecule has 7 heteroatoms. The number of thioether (sulfide) groups is 1. The highest BCUT2D eigenvalue weighted by Gasteiger charge is 2.18. The maximum atomic E-state index is 12.5. The van der Waals surface area contributed by atoms with Crippen LogP contribution in [0, 0.1) is 10.1 Å². The largest absolute Gasteiger partial charge is 0.324 e. The predicted molar refractivity (Wildman–Crippen MR) is 106 cm³/mol. The number of halogens is 1. The molecule has 1 unspecified atom stereocenters. The van der Waals surface area contributed by atoms with E-state index in [1.165, 1.54) is 30.0 Å². The van der Waals surface area contributed by atoms with Crippen LogP contribution < -0.4 is 5.32 Å². The Hall–Kier alpha value is -2.57. The van der Waals surface area contributed by atoms with Crippen molar-refractivity contribution >= 4 is 51.4 Å². The number of nitrogens with one attached hydrogen (secondary N) is 1. The average Bonchev–Trinajstić information content (AvgIpc) is 2.63. The first-order valence-electron chi connectivity index (χ1n) is 7.84. The van der Waals surface area contributed by atoms with Crippen molar-refractivity contribution in [2.45, 2.75) is 17.1 Å². The van der Waals surface area contributed by atoms with Crippen molar-refractivity contribution in [3.63, 3.8) is 0 Å². The highest BCUT2D eigenvalue weighted by molar-refractivity contribution is 8.00. The lowest BCUT2D eigenvalue weighted by Crippen LogP contribution is -2.22. The number of amides is 1. The van der Waals surface area contributed by atoms with E-state index >= 15 is 0 Å². The molecule has 0 aliphatic heterocycles. The van der Waals surface area contributed by atoms with Crippen molar-refractivity contribution in [2.75, 3.05) is 5.32 Å². The molecule has 0 radical (unpaired) electrons. The third kappa shape index (κ3) is 4.15. The molecule has 0 aliphatic carbocycles. The Labute approximate surface area is 159 Å². The van der Waals surface area contributed by atoms with Crippen molar-refractivity contribution in [1.82, 2.24) is 0 Å². The molecule has 132 valence electrons. The van der Waals surface area contributed by atoms with Crippen LogP contribution in [0.1, 0.15) is 6.92 Å². The fourth-order valence-electron chi connectivity index (χ4n) is 2.46. The molecule has 1 amide bonds. The number of benzene rings is 3. The zero-order chi connectivity index (χ0) is 18.7. The number of nitrogens with zero attached hydrogens (tertiary/aromatic N) is 1. The van der Waals surface area contributed by atoms with Crippen molar-refractivity contribution in [3.8, 4) is 0 Å². The van der Waals surface area contributed by atoms with Crippen LogP contribution in [0.15, 0.2) is 65.6 Å². The molecule has 0 saturated carbocycles. The molecule has 0 bridgehead atoms. The second-order valence-electron chi connectivity index (χ2n) is 5.68. The number of carbonyl (C=O) groups excluding carboxylic acids is 1. The molecule has 0 heterocycles. The van der Waals surface area contributed by atoms with Crippen LogP contribution in [0.25, 0.3) is 10.8 Å². The first kappa shape index (κ1) is 18.2. The lowest BCUT2D eigenvalue weighted by Gasteiger charge is -2.13. The molecule has 1 atom stereocenters. The summed E-state index contributed by atoms with van der Waals surface area (Å²) in [5.74, 6) is -0.273. The molecule has 0 fully saturated rings. The zero-order valence-electron chi connectivity index (χ0n) is 13.8. The Morgan fingerprint density at radius 1 is 1.12 bits per heavy atom. The summed E-state index contributed by atoms with van der Waals surface area (Å²) in [6, 6.07) is 18.0. The minimum absolute atomic E-state index is 0.125. The minimum Gasteiger partial charge on any atom is -0.324 e. The molecule has 1 N–H and O–H groups in total. The van der Waals surface area contributed by atoms with Crippen LogP contribution in [0.2, 0.25) is 5.02 Å². The number of fused-ring (bicyclic) bond motifs is 1.